The molecule has 0 heterocycles. The van der Waals surface area contributed by atoms with Crippen molar-refractivity contribution >= 4 is 11.9 Å². The van der Waals surface area contributed by atoms with Crippen LogP contribution in [-0.4, -0.2) is 25.2 Å². The molecule has 4 nitrogen and oxygen atoms in total. The van der Waals surface area contributed by atoms with Crippen molar-refractivity contribution in [1.82, 2.24) is 0 Å². The number of aryl methyl sites for hydroxylation is 1. The summed E-state index contributed by atoms with van der Waals surface area (Å²) in [6.45, 7) is 11.1. The van der Waals surface area contributed by atoms with Gasteiger partial charge in [0.2, 0.25) is 0 Å². The van der Waals surface area contributed by atoms with Gasteiger partial charge in [0.15, 0.2) is 0 Å². The second-order valence-electron chi connectivity index (χ2n) is 7.85. The molecule has 0 spiro atoms. The molecule has 4 heteroatoms. The summed E-state index contributed by atoms with van der Waals surface area (Å²) in [4.78, 5) is 24.7. The molecule has 1 aromatic rings. The number of carbonyl (C=O) groups excluding carboxylic acids is 2. The molecule has 146 valence electrons. The molecule has 0 bridgehead atoms. The summed E-state index contributed by atoms with van der Waals surface area (Å²) >= 11 is 0. The molecule has 0 fully saturated rings. The Morgan fingerprint density at radius 3 is 2.15 bits per heavy atom. The Bertz CT molecular complexity index is 563. The van der Waals surface area contributed by atoms with E-state index in [0.29, 0.717) is 31.5 Å². The van der Waals surface area contributed by atoms with Crippen LogP contribution in [0.25, 0.3) is 0 Å². The van der Waals surface area contributed by atoms with Gasteiger partial charge in [0.1, 0.15) is 0 Å². The lowest BCUT2D eigenvalue weighted by molar-refractivity contribution is -0.155. The van der Waals surface area contributed by atoms with Gasteiger partial charge in [0, 0.05) is 0 Å². The molecule has 0 saturated carbocycles. The van der Waals surface area contributed by atoms with E-state index < -0.39 is 5.92 Å². The third kappa shape index (κ3) is 9.59. The molecule has 0 aromatic heterocycles. The fourth-order valence-corrected chi connectivity index (χ4v) is 2.54. The van der Waals surface area contributed by atoms with Crippen LogP contribution < -0.4 is 0 Å². The molecule has 0 aliphatic rings. The maximum atomic E-state index is 12.5. The number of benzene rings is 1. The van der Waals surface area contributed by atoms with Crippen LogP contribution in [0.3, 0.4) is 0 Å². The Labute approximate surface area is 158 Å². The van der Waals surface area contributed by atoms with E-state index in [1.54, 1.807) is 0 Å². The zero-order chi connectivity index (χ0) is 19.5. The number of ether oxygens (including phenoxy) is 2. The van der Waals surface area contributed by atoms with E-state index in [0.717, 1.165) is 24.0 Å². The van der Waals surface area contributed by atoms with Crippen molar-refractivity contribution in [1.29, 1.82) is 0 Å². The zero-order valence-electron chi connectivity index (χ0n) is 16.9. The topological polar surface area (TPSA) is 52.6 Å². The largest absolute Gasteiger partial charge is 0.466 e. The minimum atomic E-state index is -0.504. The first-order valence-corrected chi connectivity index (χ1v) is 9.65. The number of hydrogen-bond donors (Lipinski definition) is 0. The van der Waals surface area contributed by atoms with Gasteiger partial charge in [-0.05, 0) is 43.6 Å². The molecule has 0 N–H and O–H groups in total. The molecule has 0 aliphatic heterocycles. The first-order chi connectivity index (χ1) is 12.3. The highest BCUT2D eigenvalue weighted by molar-refractivity contribution is 5.80. The molecular formula is C22H34O4. The highest BCUT2D eigenvalue weighted by atomic mass is 16.5. The highest BCUT2D eigenvalue weighted by Crippen LogP contribution is 2.17. The SMILES string of the molecule is Cc1cccc(CC(CC(=O)OCCC(C)C)C(=O)OCCC(C)C)c1. The fraction of sp³-hybridized carbons (Fsp3) is 0.636. The predicted molar refractivity (Wildman–Crippen MR) is 104 cm³/mol. The third-order valence-corrected chi connectivity index (χ3v) is 4.21. The molecule has 1 aromatic carbocycles. The van der Waals surface area contributed by atoms with Gasteiger partial charge in [-0.2, -0.15) is 0 Å². The minimum Gasteiger partial charge on any atom is -0.466 e. The maximum absolute atomic E-state index is 12.5. The van der Waals surface area contributed by atoms with Crippen molar-refractivity contribution in [2.75, 3.05) is 13.2 Å². The van der Waals surface area contributed by atoms with Crippen molar-refractivity contribution in [3.05, 3.63) is 35.4 Å². The van der Waals surface area contributed by atoms with Crippen molar-refractivity contribution in [3.63, 3.8) is 0 Å². The van der Waals surface area contributed by atoms with Crippen LogP contribution in [0.4, 0.5) is 0 Å². The van der Waals surface area contributed by atoms with Crippen LogP contribution in [0.5, 0.6) is 0 Å². The number of rotatable bonds is 11. The van der Waals surface area contributed by atoms with Crippen molar-refractivity contribution in [2.45, 2.75) is 60.3 Å². The van der Waals surface area contributed by atoms with Gasteiger partial charge < -0.3 is 9.47 Å². The molecule has 1 unspecified atom stereocenters. The average molecular weight is 363 g/mol. The Morgan fingerprint density at radius 2 is 1.58 bits per heavy atom. The summed E-state index contributed by atoms with van der Waals surface area (Å²) in [5, 5.41) is 0. The van der Waals surface area contributed by atoms with Gasteiger partial charge in [0.25, 0.3) is 0 Å². The van der Waals surface area contributed by atoms with E-state index >= 15 is 0 Å². The lowest BCUT2D eigenvalue weighted by atomic mass is 9.95. The van der Waals surface area contributed by atoms with E-state index in [1.807, 2.05) is 31.2 Å². The highest BCUT2D eigenvalue weighted by Gasteiger charge is 2.25. The van der Waals surface area contributed by atoms with Crippen LogP contribution in [0.15, 0.2) is 24.3 Å². The summed E-state index contributed by atoms with van der Waals surface area (Å²) in [5.41, 5.74) is 2.17. The van der Waals surface area contributed by atoms with Gasteiger partial charge in [0.05, 0.1) is 25.6 Å². The summed E-state index contributed by atoms with van der Waals surface area (Å²) in [6.07, 6.45) is 2.20. The Hall–Kier alpha value is -1.84. The van der Waals surface area contributed by atoms with E-state index in [-0.39, 0.29) is 18.4 Å². The van der Waals surface area contributed by atoms with E-state index in [1.165, 1.54) is 0 Å². The summed E-state index contributed by atoms with van der Waals surface area (Å²) in [6, 6.07) is 8.00. The summed E-state index contributed by atoms with van der Waals surface area (Å²) < 4.78 is 10.7. The summed E-state index contributed by atoms with van der Waals surface area (Å²) in [5.74, 6) is -0.196. The van der Waals surface area contributed by atoms with Crippen LogP contribution >= 0.6 is 0 Å². The van der Waals surface area contributed by atoms with Gasteiger partial charge in [-0.15, -0.1) is 0 Å². The van der Waals surface area contributed by atoms with Crippen LogP contribution in [0.2, 0.25) is 0 Å². The van der Waals surface area contributed by atoms with Crippen molar-refractivity contribution in [3.8, 4) is 0 Å². The lowest BCUT2D eigenvalue weighted by Gasteiger charge is -2.17. The molecule has 0 amide bonds. The van der Waals surface area contributed by atoms with Gasteiger partial charge in [-0.25, -0.2) is 0 Å². The van der Waals surface area contributed by atoms with Crippen molar-refractivity contribution in [2.24, 2.45) is 17.8 Å². The number of esters is 2. The molecule has 0 aliphatic carbocycles. The molecule has 0 radical (unpaired) electrons. The average Bonchev–Trinajstić information content (AvgIpc) is 2.53. The quantitative estimate of drug-likeness (QED) is 0.534. The smallest absolute Gasteiger partial charge is 0.309 e. The lowest BCUT2D eigenvalue weighted by Crippen LogP contribution is -2.25. The normalized spacial score (nSPS) is 12.3. The molecule has 1 rings (SSSR count). The number of carbonyl (C=O) groups is 2. The van der Waals surface area contributed by atoms with Crippen LogP contribution in [0.1, 0.15) is 58.1 Å². The molecule has 0 saturated heterocycles. The summed E-state index contributed by atoms with van der Waals surface area (Å²) in [7, 11) is 0. The van der Waals surface area contributed by atoms with E-state index in [2.05, 4.69) is 27.7 Å². The van der Waals surface area contributed by atoms with E-state index in [4.69, 9.17) is 9.47 Å². The maximum Gasteiger partial charge on any atom is 0.309 e. The van der Waals surface area contributed by atoms with Gasteiger partial charge in [-0.1, -0.05) is 57.5 Å². The Kier molecular flexibility index (Phi) is 10.0. The zero-order valence-corrected chi connectivity index (χ0v) is 16.9. The standard InChI is InChI=1S/C22H34O4/c1-16(2)9-11-25-21(23)15-20(22(24)26-12-10-17(3)4)14-19-8-6-7-18(5)13-19/h6-8,13,16-17,20H,9-12,14-15H2,1-5H3. The Morgan fingerprint density at radius 1 is 0.962 bits per heavy atom. The van der Waals surface area contributed by atoms with E-state index in [9.17, 15) is 9.59 Å². The van der Waals surface area contributed by atoms with Crippen molar-refractivity contribution < 1.29 is 19.1 Å². The second kappa shape index (κ2) is 11.7. The van der Waals surface area contributed by atoms with Crippen LogP contribution in [-0.2, 0) is 25.5 Å². The minimum absolute atomic E-state index is 0.0621. The second-order valence-corrected chi connectivity index (χ2v) is 7.85. The molecule has 1 atom stereocenters. The third-order valence-electron chi connectivity index (χ3n) is 4.21. The number of hydrogen-bond acceptors (Lipinski definition) is 4. The predicted octanol–water partition coefficient (Wildman–Crippen LogP) is 4.72. The van der Waals surface area contributed by atoms with Gasteiger partial charge in [-0.3, -0.25) is 9.59 Å². The van der Waals surface area contributed by atoms with Crippen LogP contribution in [0, 0.1) is 24.7 Å². The molecule has 26 heavy (non-hydrogen) atoms. The first kappa shape index (κ1) is 22.2. The molecular weight excluding hydrogens is 328 g/mol. The monoisotopic (exact) mass is 362 g/mol. The first-order valence-electron chi connectivity index (χ1n) is 9.65. The van der Waals surface area contributed by atoms with Gasteiger partial charge >= 0.3 is 11.9 Å². The Balaban J connectivity index is 2.67. The fourth-order valence-electron chi connectivity index (χ4n) is 2.54.